The molecule has 0 aliphatic carbocycles. The van der Waals surface area contributed by atoms with Crippen molar-refractivity contribution in [3.8, 4) is 0 Å². The van der Waals surface area contributed by atoms with Gasteiger partial charge in [-0.15, -0.1) is 23.5 Å². The quantitative estimate of drug-likeness (QED) is 0.695. The second kappa shape index (κ2) is 10.1. The molecule has 1 amide bonds. The molecule has 2 aliphatic rings. The topological polar surface area (TPSA) is 32.3 Å². The molecule has 3 nitrogen and oxygen atoms in total. The molecule has 0 bridgehead atoms. The molecule has 2 aromatic carbocycles. The minimum atomic E-state index is 0.0605. The molecule has 4 rings (SSSR count). The lowest BCUT2D eigenvalue weighted by atomic mass is 9.96. The number of aryl methyl sites for hydroxylation is 1. The SMILES string of the molecule is Cc1ccc(CN2CCC(CNC(=O)c3ccc(C4SCCS4)cc3)CC2)cc1. The van der Waals surface area contributed by atoms with Crippen molar-refractivity contribution in [3.05, 3.63) is 70.8 Å². The Bertz CT molecular complexity index is 793. The van der Waals surface area contributed by atoms with Crippen LogP contribution in [0.15, 0.2) is 48.5 Å². The highest BCUT2D eigenvalue weighted by molar-refractivity contribution is 8.19. The third-order valence-electron chi connectivity index (χ3n) is 5.85. The third kappa shape index (κ3) is 5.80. The van der Waals surface area contributed by atoms with Crippen molar-refractivity contribution in [1.82, 2.24) is 10.2 Å². The van der Waals surface area contributed by atoms with Crippen LogP contribution in [-0.2, 0) is 6.54 Å². The van der Waals surface area contributed by atoms with Crippen molar-refractivity contribution in [1.29, 1.82) is 0 Å². The van der Waals surface area contributed by atoms with Crippen LogP contribution in [0, 0.1) is 12.8 Å². The van der Waals surface area contributed by atoms with Gasteiger partial charge in [-0.25, -0.2) is 0 Å². The van der Waals surface area contributed by atoms with Gasteiger partial charge in [-0.2, -0.15) is 0 Å². The molecule has 29 heavy (non-hydrogen) atoms. The minimum absolute atomic E-state index is 0.0605. The van der Waals surface area contributed by atoms with Crippen LogP contribution in [0.4, 0.5) is 0 Å². The molecule has 0 unspecified atom stereocenters. The number of nitrogens with zero attached hydrogens (tertiary/aromatic N) is 1. The van der Waals surface area contributed by atoms with Gasteiger partial charge in [0.2, 0.25) is 0 Å². The summed E-state index contributed by atoms with van der Waals surface area (Å²) < 4.78 is 0.539. The lowest BCUT2D eigenvalue weighted by molar-refractivity contribution is 0.0935. The van der Waals surface area contributed by atoms with Gasteiger partial charge in [0.15, 0.2) is 0 Å². The number of amides is 1. The molecule has 1 N–H and O–H groups in total. The van der Waals surface area contributed by atoms with Gasteiger partial charge in [-0.1, -0.05) is 42.0 Å². The molecule has 2 aromatic rings. The average Bonchev–Trinajstić information content (AvgIpc) is 3.30. The maximum absolute atomic E-state index is 12.5. The summed E-state index contributed by atoms with van der Waals surface area (Å²) in [5, 5.41) is 3.16. The van der Waals surface area contributed by atoms with E-state index in [1.807, 2.05) is 35.7 Å². The van der Waals surface area contributed by atoms with Crippen LogP contribution in [0.1, 0.15) is 44.5 Å². The van der Waals surface area contributed by atoms with E-state index in [1.54, 1.807) is 0 Å². The predicted octanol–water partition coefficient (Wildman–Crippen LogP) is 5.12. The number of benzene rings is 2. The molecule has 154 valence electrons. The second-order valence-electron chi connectivity index (χ2n) is 8.11. The normalized spacial score (nSPS) is 18.8. The van der Waals surface area contributed by atoms with Crippen molar-refractivity contribution >= 4 is 29.4 Å². The lowest BCUT2D eigenvalue weighted by Gasteiger charge is -2.32. The number of carbonyl (C=O) groups excluding carboxylic acids is 1. The summed E-state index contributed by atoms with van der Waals surface area (Å²) in [4.78, 5) is 15.0. The fourth-order valence-electron chi connectivity index (χ4n) is 3.98. The van der Waals surface area contributed by atoms with Crippen LogP contribution < -0.4 is 5.32 Å². The predicted molar refractivity (Wildman–Crippen MR) is 126 cm³/mol. The minimum Gasteiger partial charge on any atom is -0.352 e. The van der Waals surface area contributed by atoms with Crippen LogP contribution in [0.25, 0.3) is 0 Å². The number of piperidine rings is 1. The van der Waals surface area contributed by atoms with Crippen molar-refractivity contribution in [3.63, 3.8) is 0 Å². The molecule has 0 spiro atoms. The number of nitrogens with one attached hydrogen (secondary N) is 1. The summed E-state index contributed by atoms with van der Waals surface area (Å²) in [5.41, 5.74) is 4.81. The first-order valence-corrected chi connectivity index (χ1v) is 12.7. The molecule has 2 saturated heterocycles. The molecule has 2 aliphatic heterocycles. The van der Waals surface area contributed by atoms with Gasteiger partial charge in [0, 0.05) is 30.2 Å². The summed E-state index contributed by atoms with van der Waals surface area (Å²) in [7, 11) is 0. The number of hydrogen-bond donors (Lipinski definition) is 1. The maximum Gasteiger partial charge on any atom is 0.251 e. The molecule has 2 heterocycles. The Labute approximate surface area is 183 Å². The smallest absolute Gasteiger partial charge is 0.251 e. The van der Waals surface area contributed by atoms with Crippen LogP contribution in [-0.4, -0.2) is 41.9 Å². The largest absolute Gasteiger partial charge is 0.352 e. The molecule has 0 atom stereocenters. The Morgan fingerprint density at radius 3 is 2.31 bits per heavy atom. The van der Waals surface area contributed by atoms with Gasteiger partial charge in [-0.3, -0.25) is 9.69 Å². The molecule has 0 aromatic heterocycles. The van der Waals surface area contributed by atoms with Crippen molar-refractivity contribution < 1.29 is 4.79 Å². The molecular formula is C24H30N2OS2. The van der Waals surface area contributed by atoms with Crippen molar-refractivity contribution in [2.45, 2.75) is 30.9 Å². The zero-order valence-corrected chi connectivity index (χ0v) is 18.7. The average molecular weight is 427 g/mol. The fourth-order valence-corrected chi connectivity index (χ4v) is 6.84. The summed E-state index contributed by atoms with van der Waals surface area (Å²) in [6.07, 6.45) is 2.31. The van der Waals surface area contributed by atoms with Gasteiger partial charge < -0.3 is 5.32 Å². The zero-order valence-electron chi connectivity index (χ0n) is 17.1. The Balaban J connectivity index is 1.19. The van der Waals surface area contributed by atoms with Gasteiger partial charge in [0.1, 0.15) is 0 Å². The van der Waals surface area contributed by atoms with Gasteiger partial charge in [-0.05, 0) is 62.0 Å². The van der Waals surface area contributed by atoms with E-state index in [-0.39, 0.29) is 5.91 Å². The van der Waals surface area contributed by atoms with E-state index >= 15 is 0 Å². The van der Waals surface area contributed by atoms with Crippen LogP contribution in [0.5, 0.6) is 0 Å². The Morgan fingerprint density at radius 1 is 1.00 bits per heavy atom. The second-order valence-corrected chi connectivity index (χ2v) is 10.8. The highest BCUT2D eigenvalue weighted by atomic mass is 32.2. The zero-order chi connectivity index (χ0) is 20.1. The maximum atomic E-state index is 12.5. The number of thioether (sulfide) groups is 2. The highest BCUT2D eigenvalue weighted by Crippen LogP contribution is 2.45. The monoisotopic (exact) mass is 426 g/mol. The van der Waals surface area contributed by atoms with E-state index in [9.17, 15) is 4.79 Å². The first-order chi connectivity index (χ1) is 14.2. The third-order valence-corrected chi connectivity index (χ3v) is 8.96. The molecule has 0 saturated carbocycles. The van der Waals surface area contributed by atoms with Gasteiger partial charge in [0.25, 0.3) is 5.91 Å². The van der Waals surface area contributed by atoms with E-state index in [0.29, 0.717) is 10.5 Å². The Hall–Kier alpha value is -1.43. The highest BCUT2D eigenvalue weighted by Gasteiger charge is 2.21. The lowest BCUT2D eigenvalue weighted by Crippen LogP contribution is -2.38. The molecule has 5 heteroatoms. The van der Waals surface area contributed by atoms with Crippen LogP contribution in [0.2, 0.25) is 0 Å². The Morgan fingerprint density at radius 2 is 1.66 bits per heavy atom. The van der Waals surface area contributed by atoms with E-state index in [1.165, 1.54) is 28.2 Å². The summed E-state index contributed by atoms with van der Waals surface area (Å²) in [5.74, 6) is 3.09. The summed E-state index contributed by atoms with van der Waals surface area (Å²) >= 11 is 4.00. The van der Waals surface area contributed by atoms with E-state index < -0.39 is 0 Å². The van der Waals surface area contributed by atoms with Crippen molar-refractivity contribution in [2.24, 2.45) is 5.92 Å². The van der Waals surface area contributed by atoms with E-state index in [0.717, 1.165) is 44.6 Å². The van der Waals surface area contributed by atoms with E-state index in [2.05, 4.69) is 53.5 Å². The molecular weight excluding hydrogens is 396 g/mol. The van der Waals surface area contributed by atoms with Crippen molar-refractivity contribution in [2.75, 3.05) is 31.1 Å². The first-order valence-electron chi connectivity index (χ1n) is 10.6. The number of likely N-dealkylation sites (tertiary alicyclic amines) is 1. The van der Waals surface area contributed by atoms with Gasteiger partial charge >= 0.3 is 0 Å². The van der Waals surface area contributed by atoms with Crippen LogP contribution >= 0.6 is 23.5 Å². The fraction of sp³-hybridized carbons (Fsp3) is 0.458. The van der Waals surface area contributed by atoms with Crippen LogP contribution in [0.3, 0.4) is 0 Å². The number of carbonyl (C=O) groups is 1. The summed E-state index contributed by atoms with van der Waals surface area (Å²) in [6.45, 7) is 6.17. The standard InChI is InChI=1S/C24H30N2OS2/c1-18-2-4-20(5-3-18)17-26-12-10-19(11-13-26)16-25-23(27)21-6-8-22(9-7-21)24-28-14-15-29-24/h2-9,19,24H,10-17H2,1H3,(H,25,27). The molecule has 2 fully saturated rings. The number of rotatable bonds is 6. The Kier molecular flexibility index (Phi) is 7.22. The first kappa shape index (κ1) is 20.8. The van der Waals surface area contributed by atoms with Gasteiger partial charge in [0.05, 0.1) is 4.58 Å². The number of hydrogen-bond acceptors (Lipinski definition) is 4. The molecule has 0 radical (unpaired) electrons. The van der Waals surface area contributed by atoms with E-state index in [4.69, 9.17) is 0 Å². The summed E-state index contributed by atoms with van der Waals surface area (Å²) in [6, 6.07) is 17.0.